The molecule has 3 N–H and O–H groups in total. The number of hydrogen-bond acceptors (Lipinski definition) is 4. The maximum atomic E-state index is 12.0. The summed E-state index contributed by atoms with van der Waals surface area (Å²) in [4.78, 5) is 16.3. The third-order valence-corrected chi connectivity index (χ3v) is 3.46. The van der Waals surface area contributed by atoms with E-state index in [1.807, 2.05) is 19.1 Å². The minimum Gasteiger partial charge on any atom is -0.449 e. The van der Waals surface area contributed by atoms with Crippen LogP contribution in [0.15, 0.2) is 22.6 Å². The van der Waals surface area contributed by atoms with Gasteiger partial charge in [0.1, 0.15) is 5.52 Å². The predicted molar refractivity (Wildman–Crippen MR) is 71.8 cm³/mol. The molecule has 100 valence electrons. The lowest BCUT2D eigenvalue weighted by molar-refractivity contribution is 0.0924. The molecule has 0 aliphatic heterocycles. The minimum absolute atomic E-state index is 0.0497. The van der Waals surface area contributed by atoms with E-state index < -0.39 is 0 Å². The first-order valence-corrected chi connectivity index (χ1v) is 6.54. The van der Waals surface area contributed by atoms with Gasteiger partial charge in [-0.15, -0.1) is 0 Å². The number of nitrogens with zero attached hydrogens (tertiary/aromatic N) is 1. The summed E-state index contributed by atoms with van der Waals surface area (Å²) >= 11 is 0. The third-order valence-electron chi connectivity index (χ3n) is 3.46. The number of amides is 1. The lowest BCUT2D eigenvalue weighted by Gasteiger charge is -2.10. The molecule has 0 spiro atoms. The fraction of sp³-hybridized carbons (Fsp3) is 0.429. The fourth-order valence-electron chi connectivity index (χ4n) is 2.13. The number of aromatic nitrogens is 1. The monoisotopic (exact) mass is 259 g/mol. The minimum atomic E-state index is -0.230. The number of aryl methyl sites for hydroxylation is 1. The highest BCUT2D eigenvalue weighted by Gasteiger charge is 2.28. The summed E-state index contributed by atoms with van der Waals surface area (Å²) in [5.74, 6) is 0.628. The molecule has 1 unspecified atom stereocenters. The fourth-order valence-corrected chi connectivity index (χ4v) is 2.13. The predicted octanol–water partition coefficient (Wildman–Crippen LogP) is 1.60. The van der Waals surface area contributed by atoms with E-state index in [4.69, 9.17) is 10.2 Å². The summed E-state index contributed by atoms with van der Waals surface area (Å²) < 4.78 is 5.48. The van der Waals surface area contributed by atoms with Crippen LogP contribution in [0.4, 0.5) is 0 Å². The van der Waals surface area contributed by atoms with E-state index in [0.717, 1.165) is 5.69 Å². The molecule has 2 aromatic heterocycles. The summed E-state index contributed by atoms with van der Waals surface area (Å²) in [6.45, 7) is 2.40. The average Bonchev–Trinajstić information content (AvgIpc) is 3.15. The molecule has 0 bridgehead atoms. The van der Waals surface area contributed by atoms with Gasteiger partial charge in [-0.3, -0.25) is 4.79 Å². The van der Waals surface area contributed by atoms with Gasteiger partial charge in [-0.1, -0.05) is 0 Å². The molecule has 0 aromatic carbocycles. The molecule has 5 nitrogen and oxygen atoms in total. The van der Waals surface area contributed by atoms with Crippen molar-refractivity contribution in [3.05, 3.63) is 29.7 Å². The second kappa shape index (κ2) is 4.66. The van der Waals surface area contributed by atoms with Gasteiger partial charge >= 0.3 is 0 Å². The van der Waals surface area contributed by atoms with Crippen molar-refractivity contribution in [3.8, 4) is 0 Å². The molecule has 1 aliphatic carbocycles. The highest BCUT2D eigenvalue weighted by Crippen LogP contribution is 2.31. The Balaban J connectivity index is 1.70. The molecule has 0 radical (unpaired) electrons. The number of pyridine rings is 1. The number of carbonyl (C=O) groups excluding carboxylic acids is 1. The number of nitrogens with one attached hydrogen (secondary N) is 1. The van der Waals surface area contributed by atoms with Gasteiger partial charge < -0.3 is 15.5 Å². The van der Waals surface area contributed by atoms with Crippen LogP contribution < -0.4 is 11.1 Å². The zero-order valence-electron chi connectivity index (χ0n) is 10.8. The molecule has 1 atom stereocenters. The van der Waals surface area contributed by atoms with Crippen LogP contribution >= 0.6 is 0 Å². The van der Waals surface area contributed by atoms with Crippen molar-refractivity contribution in [1.29, 1.82) is 0 Å². The highest BCUT2D eigenvalue weighted by molar-refractivity contribution is 5.95. The average molecular weight is 259 g/mol. The SMILES string of the molecule is Cc1ccc2oc(C(=O)NCC(N)C3CC3)cc2n1. The van der Waals surface area contributed by atoms with Crippen LogP contribution in [0.5, 0.6) is 0 Å². The van der Waals surface area contributed by atoms with Crippen LogP contribution in [0, 0.1) is 12.8 Å². The second-order valence-corrected chi connectivity index (χ2v) is 5.16. The van der Waals surface area contributed by atoms with E-state index in [1.54, 1.807) is 6.07 Å². The van der Waals surface area contributed by atoms with Crippen molar-refractivity contribution in [3.63, 3.8) is 0 Å². The van der Waals surface area contributed by atoms with E-state index in [0.29, 0.717) is 23.6 Å². The first kappa shape index (κ1) is 12.2. The van der Waals surface area contributed by atoms with Crippen LogP contribution in [0.2, 0.25) is 0 Å². The van der Waals surface area contributed by atoms with Gasteiger partial charge in [-0.2, -0.15) is 0 Å². The Morgan fingerprint density at radius 1 is 1.58 bits per heavy atom. The zero-order valence-corrected chi connectivity index (χ0v) is 10.8. The standard InChI is InChI=1S/C14H17N3O2/c1-8-2-5-12-11(17-8)6-13(19-12)14(18)16-7-10(15)9-3-4-9/h2,5-6,9-10H,3-4,7,15H2,1H3,(H,16,18). The number of rotatable bonds is 4. The maximum absolute atomic E-state index is 12.0. The quantitative estimate of drug-likeness (QED) is 0.874. The van der Waals surface area contributed by atoms with Crippen molar-refractivity contribution in [2.45, 2.75) is 25.8 Å². The molecule has 19 heavy (non-hydrogen) atoms. The molecule has 1 amide bonds. The lowest BCUT2D eigenvalue weighted by Crippen LogP contribution is -2.38. The van der Waals surface area contributed by atoms with Crippen LogP contribution in [-0.4, -0.2) is 23.5 Å². The van der Waals surface area contributed by atoms with E-state index in [-0.39, 0.29) is 17.7 Å². The molecule has 1 saturated carbocycles. The van der Waals surface area contributed by atoms with Gasteiger partial charge in [0.2, 0.25) is 0 Å². The highest BCUT2D eigenvalue weighted by atomic mass is 16.3. The second-order valence-electron chi connectivity index (χ2n) is 5.16. The molecule has 5 heteroatoms. The number of hydrogen-bond donors (Lipinski definition) is 2. The molecule has 1 aliphatic rings. The van der Waals surface area contributed by atoms with Crippen molar-refractivity contribution < 1.29 is 9.21 Å². The van der Waals surface area contributed by atoms with Gasteiger partial charge in [0, 0.05) is 24.3 Å². The molecule has 2 aromatic rings. The number of furan rings is 1. The van der Waals surface area contributed by atoms with Crippen molar-refractivity contribution in [2.24, 2.45) is 11.7 Å². The van der Waals surface area contributed by atoms with E-state index in [9.17, 15) is 4.79 Å². The van der Waals surface area contributed by atoms with Crippen LogP contribution in [0.25, 0.3) is 11.1 Å². The van der Waals surface area contributed by atoms with E-state index in [2.05, 4.69) is 10.3 Å². The molecular formula is C14H17N3O2. The maximum Gasteiger partial charge on any atom is 0.287 e. The summed E-state index contributed by atoms with van der Waals surface area (Å²) in [6.07, 6.45) is 2.34. The summed E-state index contributed by atoms with van der Waals surface area (Å²) in [5, 5.41) is 2.81. The van der Waals surface area contributed by atoms with Gasteiger partial charge in [0.05, 0.1) is 0 Å². The number of nitrogens with two attached hydrogens (primary N) is 1. The van der Waals surface area contributed by atoms with E-state index >= 15 is 0 Å². The van der Waals surface area contributed by atoms with Crippen molar-refractivity contribution in [1.82, 2.24) is 10.3 Å². The molecule has 3 rings (SSSR count). The van der Waals surface area contributed by atoms with Gasteiger partial charge in [0.25, 0.3) is 5.91 Å². The zero-order chi connectivity index (χ0) is 13.4. The first-order valence-electron chi connectivity index (χ1n) is 6.54. The Morgan fingerprint density at radius 2 is 2.37 bits per heavy atom. The molecule has 0 saturated heterocycles. The van der Waals surface area contributed by atoms with Crippen LogP contribution in [0.3, 0.4) is 0 Å². The largest absolute Gasteiger partial charge is 0.449 e. The molecule has 1 fully saturated rings. The van der Waals surface area contributed by atoms with Crippen molar-refractivity contribution in [2.75, 3.05) is 6.54 Å². The smallest absolute Gasteiger partial charge is 0.287 e. The Bertz CT molecular complexity index is 616. The number of carbonyl (C=O) groups is 1. The van der Waals surface area contributed by atoms with Gasteiger partial charge in [-0.05, 0) is 37.8 Å². The Hall–Kier alpha value is -1.88. The van der Waals surface area contributed by atoms with Crippen molar-refractivity contribution >= 4 is 17.0 Å². The Kier molecular flexibility index (Phi) is 2.98. The molecular weight excluding hydrogens is 242 g/mol. The van der Waals surface area contributed by atoms with Crippen LogP contribution in [0.1, 0.15) is 29.1 Å². The van der Waals surface area contributed by atoms with Crippen LogP contribution in [-0.2, 0) is 0 Å². The Morgan fingerprint density at radius 3 is 3.11 bits per heavy atom. The molecule has 2 heterocycles. The lowest BCUT2D eigenvalue weighted by atomic mass is 10.2. The summed E-state index contributed by atoms with van der Waals surface area (Å²) in [5.41, 5.74) is 8.17. The summed E-state index contributed by atoms with van der Waals surface area (Å²) in [6, 6.07) is 5.40. The van der Waals surface area contributed by atoms with Gasteiger partial charge in [-0.25, -0.2) is 4.98 Å². The topological polar surface area (TPSA) is 81.2 Å². The first-order chi connectivity index (χ1) is 9.13. The number of fused-ring (bicyclic) bond motifs is 1. The summed E-state index contributed by atoms with van der Waals surface area (Å²) in [7, 11) is 0. The third kappa shape index (κ3) is 2.61. The van der Waals surface area contributed by atoms with E-state index in [1.165, 1.54) is 12.8 Å². The van der Waals surface area contributed by atoms with Gasteiger partial charge in [0.15, 0.2) is 11.3 Å². The normalized spacial score (nSPS) is 16.5. The Labute approximate surface area is 111 Å².